The summed E-state index contributed by atoms with van der Waals surface area (Å²) in [5, 5.41) is 9.13. The SMILES string of the molecule is CCCCNC(=O)NCC[C@@H]1CCCN1. The molecule has 0 aromatic heterocycles. The summed E-state index contributed by atoms with van der Waals surface area (Å²) in [6, 6.07) is 0.586. The third-order valence-electron chi connectivity index (χ3n) is 2.76. The largest absolute Gasteiger partial charge is 0.338 e. The Labute approximate surface area is 92.2 Å². The third kappa shape index (κ3) is 5.62. The van der Waals surface area contributed by atoms with Gasteiger partial charge in [0.1, 0.15) is 0 Å². The van der Waals surface area contributed by atoms with E-state index in [1.165, 1.54) is 12.8 Å². The first kappa shape index (κ1) is 12.3. The minimum atomic E-state index is -0.0264. The Morgan fingerprint density at radius 1 is 1.40 bits per heavy atom. The highest BCUT2D eigenvalue weighted by Crippen LogP contribution is 2.07. The molecule has 3 N–H and O–H groups in total. The van der Waals surface area contributed by atoms with Crippen LogP contribution in [0.5, 0.6) is 0 Å². The van der Waals surface area contributed by atoms with Gasteiger partial charge in [0.2, 0.25) is 0 Å². The van der Waals surface area contributed by atoms with E-state index in [4.69, 9.17) is 0 Å². The molecule has 2 amide bonds. The van der Waals surface area contributed by atoms with Crippen LogP contribution in [0, 0.1) is 0 Å². The maximum atomic E-state index is 11.2. The molecule has 1 aliphatic heterocycles. The molecule has 0 radical (unpaired) electrons. The van der Waals surface area contributed by atoms with E-state index in [-0.39, 0.29) is 6.03 Å². The molecule has 0 bridgehead atoms. The molecule has 1 aliphatic rings. The van der Waals surface area contributed by atoms with Crippen LogP contribution in [0.3, 0.4) is 0 Å². The van der Waals surface area contributed by atoms with E-state index >= 15 is 0 Å². The maximum absolute atomic E-state index is 11.2. The predicted octanol–water partition coefficient (Wildman–Crippen LogP) is 1.23. The van der Waals surface area contributed by atoms with Crippen molar-refractivity contribution in [2.45, 2.75) is 45.1 Å². The Hall–Kier alpha value is -0.770. The molecule has 1 heterocycles. The lowest BCUT2D eigenvalue weighted by atomic mass is 10.1. The fraction of sp³-hybridized carbons (Fsp3) is 0.909. The number of carbonyl (C=O) groups is 1. The van der Waals surface area contributed by atoms with Gasteiger partial charge in [-0.15, -0.1) is 0 Å². The molecule has 0 aromatic rings. The van der Waals surface area contributed by atoms with Gasteiger partial charge in [0.05, 0.1) is 0 Å². The summed E-state index contributed by atoms with van der Waals surface area (Å²) < 4.78 is 0. The monoisotopic (exact) mass is 213 g/mol. The first-order chi connectivity index (χ1) is 7.33. The van der Waals surface area contributed by atoms with E-state index in [0.29, 0.717) is 6.04 Å². The maximum Gasteiger partial charge on any atom is 0.314 e. The zero-order valence-corrected chi connectivity index (χ0v) is 9.64. The van der Waals surface area contributed by atoms with Crippen LogP contribution >= 0.6 is 0 Å². The number of hydrogen-bond acceptors (Lipinski definition) is 2. The second-order valence-corrected chi connectivity index (χ2v) is 4.12. The molecular formula is C11H23N3O. The Morgan fingerprint density at radius 3 is 2.87 bits per heavy atom. The molecule has 15 heavy (non-hydrogen) atoms. The van der Waals surface area contributed by atoms with Crippen LogP contribution < -0.4 is 16.0 Å². The number of nitrogens with one attached hydrogen (secondary N) is 3. The van der Waals surface area contributed by atoms with E-state index in [1.807, 2.05) is 0 Å². The van der Waals surface area contributed by atoms with Gasteiger partial charge >= 0.3 is 6.03 Å². The average molecular weight is 213 g/mol. The van der Waals surface area contributed by atoms with E-state index in [2.05, 4.69) is 22.9 Å². The van der Waals surface area contributed by atoms with Crippen molar-refractivity contribution in [1.82, 2.24) is 16.0 Å². The van der Waals surface area contributed by atoms with Crippen molar-refractivity contribution < 1.29 is 4.79 Å². The molecule has 0 saturated carbocycles. The van der Waals surface area contributed by atoms with Crippen molar-refractivity contribution in [3.63, 3.8) is 0 Å². The lowest BCUT2D eigenvalue weighted by Crippen LogP contribution is -2.38. The molecule has 1 fully saturated rings. The molecule has 1 atom stereocenters. The topological polar surface area (TPSA) is 53.2 Å². The van der Waals surface area contributed by atoms with Crippen LogP contribution in [0.25, 0.3) is 0 Å². The summed E-state index contributed by atoms with van der Waals surface area (Å²) in [6.07, 6.45) is 5.73. The highest BCUT2D eigenvalue weighted by atomic mass is 16.2. The van der Waals surface area contributed by atoms with Crippen LogP contribution in [0.1, 0.15) is 39.0 Å². The molecule has 4 heteroatoms. The first-order valence-corrected chi connectivity index (χ1v) is 6.08. The van der Waals surface area contributed by atoms with Gasteiger partial charge in [-0.2, -0.15) is 0 Å². The van der Waals surface area contributed by atoms with Crippen molar-refractivity contribution in [2.24, 2.45) is 0 Å². The molecule has 1 rings (SSSR count). The highest BCUT2D eigenvalue weighted by molar-refractivity contribution is 5.73. The van der Waals surface area contributed by atoms with Crippen molar-refractivity contribution >= 4 is 6.03 Å². The molecule has 0 aliphatic carbocycles. The van der Waals surface area contributed by atoms with Crippen molar-refractivity contribution in [3.05, 3.63) is 0 Å². The smallest absolute Gasteiger partial charge is 0.314 e. The summed E-state index contributed by atoms with van der Waals surface area (Å²) in [6.45, 7) is 4.80. The summed E-state index contributed by atoms with van der Waals surface area (Å²) in [7, 11) is 0. The van der Waals surface area contributed by atoms with E-state index in [0.717, 1.165) is 38.9 Å². The zero-order chi connectivity index (χ0) is 10.9. The number of carbonyl (C=O) groups excluding carboxylic acids is 1. The minimum Gasteiger partial charge on any atom is -0.338 e. The van der Waals surface area contributed by atoms with Gasteiger partial charge in [-0.05, 0) is 32.2 Å². The standard InChI is InChI=1S/C11H23N3O/c1-2-3-7-13-11(15)14-9-6-10-5-4-8-12-10/h10,12H,2-9H2,1H3,(H2,13,14,15)/t10-/m0/s1. The van der Waals surface area contributed by atoms with Gasteiger partial charge in [0.15, 0.2) is 0 Å². The summed E-state index contributed by atoms with van der Waals surface area (Å²) >= 11 is 0. The lowest BCUT2D eigenvalue weighted by molar-refractivity contribution is 0.240. The van der Waals surface area contributed by atoms with E-state index in [9.17, 15) is 4.79 Å². The molecule has 88 valence electrons. The average Bonchev–Trinajstić information content (AvgIpc) is 2.71. The number of unbranched alkanes of at least 4 members (excludes halogenated alkanes) is 1. The van der Waals surface area contributed by atoms with Crippen molar-refractivity contribution in [3.8, 4) is 0 Å². The van der Waals surface area contributed by atoms with Gasteiger partial charge in [-0.3, -0.25) is 0 Å². The molecule has 0 aromatic carbocycles. The van der Waals surface area contributed by atoms with Crippen LogP contribution in [0.4, 0.5) is 4.79 Å². The normalized spacial score (nSPS) is 20.2. The van der Waals surface area contributed by atoms with Gasteiger partial charge in [0.25, 0.3) is 0 Å². The summed E-state index contributed by atoms with van der Waals surface area (Å²) in [5.74, 6) is 0. The fourth-order valence-electron chi connectivity index (χ4n) is 1.80. The molecular weight excluding hydrogens is 190 g/mol. The number of urea groups is 1. The molecule has 1 saturated heterocycles. The minimum absolute atomic E-state index is 0.0264. The van der Waals surface area contributed by atoms with Crippen LogP contribution in [0.15, 0.2) is 0 Å². The Morgan fingerprint density at radius 2 is 2.20 bits per heavy atom. The summed E-state index contributed by atoms with van der Waals surface area (Å²) in [4.78, 5) is 11.2. The summed E-state index contributed by atoms with van der Waals surface area (Å²) in [5.41, 5.74) is 0. The predicted molar refractivity (Wildman–Crippen MR) is 62.0 cm³/mol. The Kier molecular flexibility index (Phi) is 6.16. The number of hydrogen-bond donors (Lipinski definition) is 3. The number of amides is 2. The van der Waals surface area contributed by atoms with Gasteiger partial charge in [-0.1, -0.05) is 13.3 Å². The Bertz CT molecular complexity index is 179. The van der Waals surface area contributed by atoms with Crippen LogP contribution in [-0.2, 0) is 0 Å². The van der Waals surface area contributed by atoms with Crippen molar-refractivity contribution in [2.75, 3.05) is 19.6 Å². The van der Waals surface area contributed by atoms with Gasteiger partial charge in [0, 0.05) is 19.1 Å². The van der Waals surface area contributed by atoms with Crippen LogP contribution in [0.2, 0.25) is 0 Å². The Balaban J connectivity index is 1.91. The molecule has 0 unspecified atom stereocenters. The van der Waals surface area contributed by atoms with Gasteiger partial charge in [-0.25, -0.2) is 4.79 Å². The highest BCUT2D eigenvalue weighted by Gasteiger charge is 2.13. The quantitative estimate of drug-likeness (QED) is 0.581. The molecule has 0 spiro atoms. The molecule has 4 nitrogen and oxygen atoms in total. The zero-order valence-electron chi connectivity index (χ0n) is 9.64. The second-order valence-electron chi connectivity index (χ2n) is 4.12. The van der Waals surface area contributed by atoms with Gasteiger partial charge < -0.3 is 16.0 Å². The fourth-order valence-corrected chi connectivity index (χ4v) is 1.80. The van der Waals surface area contributed by atoms with E-state index in [1.54, 1.807) is 0 Å². The number of rotatable bonds is 6. The van der Waals surface area contributed by atoms with E-state index < -0.39 is 0 Å². The second kappa shape index (κ2) is 7.51. The van der Waals surface area contributed by atoms with Crippen LogP contribution in [-0.4, -0.2) is 31.7 Å². The van der Waals surface area contributed by atoms with Crippen molar-refractivity contribution in [1.29, 1.82) is 0 Å². The first-order valence-electron chi connectivity index (χ1n) is 6.08. The third-order valence-corrected chi connectivity index (χ3v) is 2.76. The lowest BCUT2D eigenvalue weighted by Gasteiger charge is -2.11.